The predicted molar refractivity (Wildman–Crippen MR) is 82.1 cm³/mol. The molecular weight excluding hydrogens is 304 g/mol. The second-order valence-electron chi connectivity index (χ2n) is 5.28. The first-order valence-corrected chi connectivity index (χ1v) is 7.79. The number of hydrogen-bond acceptors (Lipinski definition) is 2. The first-order chi connectivity index (χ1) is 9.16. The largest absolute Gasteiger partial charge is 0.398 e. The zero-order valence-electron chi connectivity index (χ0n) is 11.1. The molecule has 3 nitrogen and oxygen atoms in total. The van der Waals surface area contributed by atoms with Crippen LogP contribution in [0.3, 0.4) is 0 Å². The van der Waals surface area contributed by atoms with Crippen LogP contribution in [0.5, 0.6) is 0 Å². The van der Waals surface area contributed by atoms with Crippen LogP contribution in [0, 0.1) is 5.92 Å². The second-order valence-corrected chi connectivity index (χ2v) is 6.14. The van der Waals surface area contributed by atoms with Crippen molar-refractivity contribution in [2.75, 3.05) is 12.3 Å². The zero-order chi connectivity index (χ0) is 13.7. The highest BCUT2D eigenvalue weighted by atomic mass is 79.9. The first kappa shape index (κ1) is 14.4. The van der Waals surface area contributed by atoms with Gasteiger partial charge >= 0.3 is 0 Å². The van der Waals surface area contributed by atoms with E-state index < -0.39 is 0 Å². The van der Waals surface area contributed by atoms with Gasteiger partial charge in [0.05, 0.1) is 0 Å². The van der Waals surface area contributed by atoms with Crippen molar-refractivity contribution in [3.05, 3.63) is 28.2 Å². The van der Waals surface area contributed by atoms with Crippen LogP contribution in [0.1, 0.15) is 48.9 Å². The fraction of sp³-hybridized carbons (Fsp3) is 0.533. The smallest absolute Gasteiger partial charge is 0.251 e. The summed E-state index contributed by atoms with van der Waals surface area (Å²) in [5, 5.41) is 2.97. The molecule has 104 valence electrons. The third-order valence-corrected chi connectivity index (χ3v) is 4.50. The van der Waals surface area contributed by atoms with E-state index in [2.05, 4.69) is 21.2 Å². The molecule has 2 rings (SSSR count). The summed E-state index contributed by atoms with van der Waals surface area (Å²) in [6.45, 7) is 0.761. The second kappa shape index (κ2) is 6.94. The summed E-state index contributed by atoms with van der Waals surface area (Å²) in [5.74, 6) is 0.870. The number of carbonyl (C=O) groups excluding carboxylic acids is 1. The molecule has 1 amide bonds. The van der Waals surface area contributed by atoms with Gasteiger partial charge in [-0.15, -0.1) is 0 Å². The lowest BCUT2D eigenvalue weighted by Crippen LogP contribution is -2.24. The molecule has 0 heterocycles. The van der Waals surface area contributed by atoms with Gasteiger partial charge in [-0.05, 0) is 52.9 Å². The third-order valence-electron chi connectivity index (χ3n) is 3.81. The van der Waals surface area contributed by atoms with Gasteiger partial charge in [-0.3, -0.25) is 4.79 Å². The Bertz CT molecular complexity index is 442. The molecule has 0 spiro atoms. The minimum Gasteiger partial charge on any atom is -0.398 e. The van der Waals surface area contributed by atoms with Gasteiger partial charge in [0.1, 0.15) is 0 Å². The van der Waals surface area contributed by atoms with Crippen LogP contribution in [0.2, 0.25) is 0 Å². The van der Waals surface area contributed by atoms with Crippen molar-refractivity contribution < 1.29 is 4.79 Å². The van der Waals surface area contributed by atoms with Crippen LogP contribution in [0.25, 0.3) is 0 Å². The average molecular weight is 325 g/mol. The number of nitrogens with two attached hydrogens (primary N) is 1. The molecule has 1 aromatic rings. The van der Waals surface area contributed by atoms with E-state index in [0.29, 0.717) is 11.3 Å². The molecule has 0 atom stereocenters. The highest BCUT2D eigenvalue weighted by Crippen LogP contribution is 2.28. The van der Waals surface area contributed by atoms with E-state index in [1.807, 2.05) is 0 Å². The number of carbonyl (C=O) groups is 1. The zero-order valence-corrected chi connectivity index (χ0v) is 12.7. The van der Waals surface area contributed by atoms with Gasteiger partial charge < -0.3 is 11.1 Å². The molecular formula is C15H21BrN2O. The van der Waals surface area contributed by atoms with E-state index in [0.717, 1.165) is 23.4 Å². The number of anilines is 1. The van der Waals surface area contributed by atoms with Crippen molar-refractivity contribution in [1.29, 1.82) is 0 Å². The van der Waals surface area contributed by atoms with Crippen LogP contribution >= 0.6 is 15.9 Å². The minimum absolute atomic E-state index is 0.0212. The van der Waals surface area contributed by atoms with Crippen LogP contribution in [0.4, 0.5) is 5.69 Å². The van der Waals surface area contributed by atoms with Gasteiger partial charge in [-0.1, -0.05) is 25.7 Å². The van der Waals surface area contributed by atoms with Crippen molar-refractivity contribution in [2.24, 2.45) is 5.92 Å². The molecule has 19 heavy (non-hydrogen) atoms. The maximum Gasteiger partial charge on any atom is 0.251 e. The first-order valence-electron chi connectivity index (χ1n) is 7.00. The van der Waals surface area contributed by atoms with Crippen LogP contribution in [0.15, 0.2) is 22.7 Å². The highest BCUT2D eigenvalue weighted by Gasteiger charge is 2.14. The Morgan fingerprint density at radius 1 is 1.37 bits per heavy atom. The molecule has 0 radical (unpaired) electrons. The van der Waals surface area contributed by atoms with Gasteiger partial charge in [-0.25, -0.2) is 0 Å². The highest BCUT2D eigenvalue weighted by molar-refractivity contribution is 9.10. The van der Waals surface area contributed by atoms with Gasteiger partial charge in [0.2, 0.25) is 0 Å². The van der Waals surface area contributed by atoms with Crippen molar-refractivity contribution in [3.63, 3.8) is 0 Å². The number of hydrogen-bond donors (Lipinski definition) is 2. The Hall–Kier alpha value is -1.03. The molecule has 0 aromatic heterocycles. The lowest BCUT2D eigenvalue weighted by molar-refractivity contribution is 0.0952. The van der Waals surface area contributed by atoms with Crippen molar-refractivity contribution >= 4 is 27.5 Å². The SMILES string of the molecule is Nc1ccc(C(=O)NCCCC2CCCC2)cc1Br. The van der Waals surface area contributed by atoms with Crippen LogP contribution < -0.4 is 11.1 Å². The number of halogens is 1. The minimum atomic E-state index is -0.0212. The number of amides is 1. The van der Waals surface area contributed by atoms with Crippen molar-refractivity contribution in [2.45, 2.75) is 38.5 Å². The maximum atomic E-state index is 11.9. The molecule has 1 aromatic carbocycles. The Labute approximate surface area is 123 Å². The summed E-state index contributed by atoms with van der Waals surface area (Å²) < 4.78 is 0.770. The third kappa shape index (κ3) is 4.23. The fourth-order valence-corrected chi connectivity index (χ4v) is 3.04. The van der Waals surface area contributed by atoms with E-state index in [9.17, 15) is 4.79 Å². The average Bonchev–Trinajstić information content (AvgIpc) is 2.91. The summed E-state index contributed by atoms with van der Waals surface area (Å²) in [6.07, 6.45) is 7.84. The number of nitrogen functional groups attached to an aromatic ring is 1. The molecule has 3 N–H and O–H groups in total. The van der Waals surface area contributed by atoms with Gasteiger partial charge in [0.25, 0.3) is 5.91 Å². The van der Waals surface area contributed by atoms with E-state index in [4.69, 9.17) is 5.73 Å². The van der Waals surface area contributed by atoms with Crippen LogP contribution in [-0.2, 0) is 0 Å². The monoisotopic (exact) mass is 324 g/mol. The standard InChI is InChI=1S/C15H21BrN2O/c16-13-10-12(7-8-14(13)17)15(19)18-9-3-6-11-4-1-2-5-11/h7-8,10-11H,1-6,9,17H2,(H,18,19). The summed E-state index contributed by atoms with van der Waals surface area (Å²) in [7, 11) is 0. The molecule has 1 fully saturated rings. The summed E-state index contributed by atoms with van der Waals surface area (Å²) in [5.41, 5.74) is 7.01. The summed E-state index contributed by atoms with van der Waals surface area (Å²) in [6, 6.07) is 5.27. The molecule has 0 bridgehead atoms. The van der Waals surface area contributed by atoms with Crippen molar-refractivity contribution in [1.82, 2.24) is 5.32 Å². The van der Waals surface area contributed by atoms with E-state index in [-0.39, 0.29) is 5.91 Å². The molecule has 0 aliphatic heterocycles. The fourth-order valence-electron chi connectivity index (χ4n) is 2.66. The molecule has 1 aliphatic carbocycles. The quantitative estimate of drug-likeness (QED) is 0.640. The molecule has 1 saturated carbocycles. The number of nitrogens with one attached hydrogen (secondary N) is 1. The Kier molecular flexibility index (Phi) is 5.25. The Balaban J connectivity index is 1.72. The Morgan fingerprint density at radius 2 is 2.11 bits per heavy atom. The maximum absolute atomic E-state index is 11.9. The lowest BCUT2D eigenvalue weighted by atomic mass is 10.0. The van der Waals surface area contributed by atoms with Crippen molar-refractivity contribution in [3.8, 4) is 0 Å². The molecule has 0 saturated heterocycles. The summed E-state index contributed by atoms with van der Waals surface area (Å²) >= 11 is 3.34. The summed E-state index contributed by atoms with van der Waals surface area (Å²) in [4.78, 5) is 11.9. The lowest BCUT2D eigenvalue weighted by Gasteiger charge is -2.09. The number of rotatable bonds is 5. The molecule has 0 unspecified atom stereocenters. The Morgan fingerprint density at radius 3 is 2.79 bits per heavy atom. The molecule has 4 heteroatoms. The van der Waals surface area contributed by atoms with E-state index >= 15 is 0 Å². The van der Waals surface area contributed by atoms with Gasteiger partial charge in [0.15, 0.2) is 0 Å². The van der Waals surface area contributed by atoms with Gasteiger partial charge in [-0.2, -0.15) is 0 Å². The predicted octanol–water partition coefficient (Wildman–Crippen LogP) is 3.73. The topological polar surface area (TPSA) is 55.1 Å². The molecule has 1 aliphatic rings. The van der Waals surface area contributed by atoms with E-state index in [1.54, 1.807) is 18.2 Å². The normalized spacial score (nSPS) is 15.6. The number of benzene rings is 1. The van der Waals surface area contributed by atoms with Crippen LogP contribution in [-0.4, -0.2) is 12.5 Å². The van der Waals surface area contributed by atoms with E-state index in [1.165, 1.54) is 32.1 Å². The van der Waals surface area contributed by atoms with Gasteiger partial charge in [0, 0.05) is 22.3 Å².